The first-order valence-corrected chi connectivity index (χ1v) is 5.80. The van der Waals surface area contributed by atoms with E-state index in [2.05, 4.69) is 10.1 Å². The van der Waals surface area contributed by atoms with Crippen molar-refractivity contribution in [1.29, 1.82) is 0 Å². The molecular formula is C11H15N3O4. The minimum absolute atomic E-state index is 0.0422. The molecule has 18 heavy (non-hydrogen) atoms. The van der Waals surface area contributed by atoms with E-state index in [-0.39, 0.29) is 31.3 Å². The van der Waals surface area contributed by atoms with Crippen LogP contribution in [0.5, 0.6) is 0 Å². The predicted octanol–water partition coefficient (Wildman–Crippen LogP) is 0.626. The zero-order valence-electron chi connectivity index (χ0n) is 10.3. The molecular weight excluding hydrogens is 238 g/mol. The van der Waals surface area contributed by atoms with E-state index in [1.54, 1.807) is 0 Å². The van der Waals surface area contributed by atoms with Crippen LogP contribution in [0.25, 0.3) is 0 Å². The Kier molecular flexibility index (Phi) is 3.31. The van der Waals surface area contributed by atoms with Gasteiger partial charge in [0.25, 0.3) is 0 Å². The highest BCUT2D eigenvalue weighted by Gasteiger charge is 2.35. The molecule has 0 spiro atoms. The summed E-state index contributed by atoms with van der Waals surface area (Å²) in [6, 6.07) is 0. The Balaban J connectivity index is 2.01. The smallest absolute Gasteiger partial charge is 0.308 e. The SMILES string of the molecule is CC(C)c1noc(CN2CC(C(=O)O)CC2=O)n1. The number of likely N-dealkylation sites (tertiary alicyclic amines) is 1. The molecule has 1 amide bonds. The Morgan fingerprint density at radius 3 is 2.83 bits per heavy atom. The van der Waals surface area contributed by atoms with Crippen LogP contribution < -0.4 is 0 Å². The topological polar surface area (TPSA) is 96.5 Å². The Bertz CT molecular complexity index is 469. The van der Waals surface area contributed by atoms with Gasteiger partial charge in [0.15, 0.2) is 5.82 Å². The van der Waals surface area contributed by atoms with Crippen LogP contribution in [0.15, 0.2) is 4.52 Å². The van der Waals surface area contributed by atoms with Gasteiger partial charge >= 0.3 is 5.97 Å². The Morgan fingerprint density at radius 1 is 1.61 bits per heavy atom. The lowest BCUT2D eigenvalue weighted by molar-refractivity contribution is -0.141. The van der Waals surface area contributed by atoms with Crippen molar-refractivity contribution < 1.29 is 19.2 Å². The summed E-state index contributed by atoms with van der Waals surface area (Å²) in [5, 5.41) is 12.7. The number of carboxylic acids is 1. The quantitative estimate of drug-likeness (QED) is 0.845. The number of hydrogen-bond acceptors (Lipinski definition) is 5. The number of carbonyl (C=O) groups is 2. The number of rotatable bonds is 4. The van der Waals surface area contributed by atoms with Crippen molar-refractivity contribution in [3.8, 4) is 0 Å². The van der Waals surface area contributed by atoms with Gasteiger partial charge in [0.2, 0.25) is 11.8 Å². The summed E-state index contributed by atoms with van der Waals surface area (Å²) in [6.07, 6.45) is 0.0422. The number of aromatic nitrogens is 2. The molecule has 7 heteroatoms. The lowest BCUT2D eigenvalue weighted by atomic mass is 10.1. The number of carbonyl (C=O) groups excluding carboxylic acids is 1. The summed E-state index contributed by atoms with van der Waals surface area (Å²) in [4.78, 5) is 28.0. The minimum atomic E-state index is -0.945. The van der Waals surface area contributed by atoms with E-state index < -0.39 is 11.9 Å². The second kappa shape index (κ2) is 4.75. The van der Waals surface area contributed by atoms with Gasteiger partial charge in [0.1, 0.15) is 6.54 Å². The van der Waals surface area contributed by atoms with Crippen LogP contribution in [-0.4, -0.2) is 38.6 Å². The van der Waals surface area contributed by atoms with Crippen molar-refractivity contribution in [2.75, 3.05) is 6.54 Å². The Hall–Kier alpha value is -1.92. The van der Waals surface area contributed by atoms with E-state index in [0.717, 1.165) is 0 Å². The number of carboxylic acid groups (broad SMARTS) is 1. The first kappa shape index (κ1) is 12.5. The van der Waals surface area contributed by atoms with E-state index in [9.17, 15) is 9.59 Å². The fraction of sp³-hybridized carbons (Fsp3) is 0.636. The van der Waals surface area contributed by atoms with Crippen molar-refractivity contribution in [2.24, 2.45) is 5.92 Å². The average Bonchev–Trinajstić information content (AvgIpc) is 2.87. The van der Waals surface area contributed by atoms with Gasteiger partial charge in [-0.1, -0.05) is 19.0 Å². The van der Waals surface area contributed by atoms with Crippen LogP contribution >= 0.6 is 0 Å². The summed E-state index contributed by atoms with van der Waals surface area (Å²) in [5.74, 6) is -0.677. The molecule has 1 N–H and O–H groups in total. The van der Waals surface area contributed by atoms with Crippen LogP contribution in [0.2, 0.25) is 0 Å². The monoisotopic (exact) mass is 253 g/mol. The second-order valence-corrected chi connectivity index (χ2v) is 4.71. The standard InChI is InChI=1S/C11H15N3O4/c1-6(2)10-12-8(18-13-10)5-14-4-7(11(16)17)3-9(14)15/h6-7H,3-5H2,1-2H3,(H,16,17). The predicted molar refractivity (Wildman–Crippen MR) is 59.5 cm³/mol. The first-order chi connectivity index (χ1) is 8.47. The van der Waals surface area contributed by atoms with Crippen LogP contribution in [0.3, 0.4) is 0 Å². The highest BCUT2D eigenvalue weighted by atomic mass is 16.5. The van der Waals surface area contributed by atoms with Gasteiger partial charge in [-0.3, -0.25) is 9.59 Å². The van der Waals surface area contributed by atoms with Crippen molar-refractivity contribution in [3.63, 3.8) is 0 Å². The zero-order valence-corrected chi connectivity index (χ0v) is 10.3. The number of amides is 1. The molecule has 0 saturated carbocycles. The molecule has 0 aliphatic carbocycles. The molecule has 0 aromatic carbocycles. The second-order valence-electron chi connectivity index (χ2n) is 4.71. The van der Waals surface area contributed by atoms with Gasteiger partial charge in [-0.05, 0) is 0 Å². The van der Waals surface area contributed by atoms with Crippen molar-refractivity contribution in [1.82, 2.24) is 15.0 Å². The Morgan fingerprint density at radius 2 is 2.33 bits per heavy atom. The Labute approximate surface area is 104 Å². The van der Waals surface area contributed by atoms with Crippen LogP contribution in [0, 0.1) is 5.92 Å². The molecule has 1 aromatic rings. The van der Waals surface area contributed by atoms with Crippen molar-refractivity contribution >= 4 is 11.9 Å². The summed E-state index contributed by atoms with van der Waals surface area (Å²) < 4.78 is 5.03. The summed E-state index contributed by atoms with van der Waals surface area (Å²) in [5.41, 5.74) is 0. The number of aliphatic carboxylic acids is 1. The van der Waals surface area contributed by atoms with Gasteiger partial charge in [0, 0.05) is 18.9 Å². The summed E-state index contributed by atoms with van der Waals surface area (Å²) in [7, 11) is 0. The van der Waals surface area contributed by atoms with Crippen LogP contribution in [-0.2, 0) is 16.1 Å². The molecule has 7 nitrogen and oxygen atoms in total. The number of hydrogen-bond donors (Lipinski definition) is 1. The molecule has 2 heterocycles. The van der Waals surface area contributed by atoms with Gasteiger partial charge in [-0.2, -0.15) is 4.98 Å². The highest BCUT2D eigenvalue weighted by molar-refractivity contribution is 5.85. The largest absolute Gasteiger partial charge is 0.481 e. The third-order valence-electron chi connectivity index (χ3n) is 2.89. The van der Waals surface area contributed by atoms with E-state index in [4.69, 9.17) is 9.63 Å². The van der Waals surface area contributed by atoms with E-state index >= 15 is 0 Å². The molecule has 1 saturated heterocycles. The highest BCUT2D eigenvalue weighted by Crippen LogP contribution is 2.20. The van der Waals surface area contributed by atoms with Gasteiger partial charge in [-0.15, -0.1) is 0 Å². The normalized spacial score (nSPS) is 19.8. The molecule has 1 aliphatic heterocycles. The lowest BCUT2D eigenvalue weighted by Crippen LogP contribution is -2.25. The van der Waals surface area contributed by atoms with Gasteiger partial charge in [0.05, 0.1) is 5.92 Å². The molecule has 0 bridgehead atoms. The molecule has 98 valence electrons. The summed E-state index contributed by atoms with van der Waals surface area (Å²) in [6.45, 7) is 4.27. The maximum atomic E-state index is 11.6. The fourth-order valence-corrected chi connectivity index (χ4v) is 1.82. The fourth-order valence-electron chi connectivity index (χ4n) is 1.82. The summed E-state index contributed by atoms with van der Waals surface area (Å²) >= 11 is 0. The molecule has 1 fully saturated rings. The minimum Gasteiger partial charge on any atom is -0.481 e. The average molecular weight is 253 g/mol. The molecule has 2 rings (SSSR count). The maximum Gasteiger partial charge on any atom is 0.308 e. The first-order valence-electron chi connectivity index (χ1n) is 5.80. The maximum absolute atomic E-state index is 11.6. The van der Waals surface area contributed by atoms with Gasteiger partial charge < -0.3 is 14.5 Å². The van der Waals surface area contributed by atoms with Crippen molar-refractivity contribution in [2.45, 2.75) is 32.7 Å². The molecule has 1 atom stereocenters. The van der Waals surface area contributed by atoms with Crippen LogP contribution in [0.1, 0.15) is 37.9 Å². The number of nitrogens with zero attached hydrogens (tertiary/aromatic N) is 3. The van der Waals surface area contributed by atoms with E-state index in [0.29, 0.717) is 11.7 Å². The third kappa shape index (κ3) is 2.49. The molecule has 1 aromatic heterocycles. The van der Waals surface area contributed by atoms with Crippen molar-refractivity contribution in [3.05, 3.63) is 11.7 Å². The third-order valence-corrected chi connectivity index (χ3v) is 2.89. The molecule has 0 radical (unpaired) electrons. The van der Waals surface area contributed by atoms with E-state index in [1.165, 1.54) is 4.90 Å². The zero-order chi connectivity index (χ0) is 13.3. The molecule has 1 unspecified atom stereocenters. The van der Waals surface area contributed by atoms with E-state index in [1.807, 2.05) is 13.8 Å². The van der Waals surface area contributed by atoms with Gasteiger partial charge in [-0.25, -0.2) is 0 Å². The lowest BCUT2D eigenvalue weighted by Gasteiger charge is -2.12. The molecule has 1 aliphatic rings. The van der Waals surface area contributed by atoms with Crippen LogP contribution in [0.4, 0.5) is 0 Å².